The number of hydrogen-bond donors (Lipinski definition) is 1. The summed E-state index contributed by atoms with van der Waals surface area (Å²) in [5.41, 5.74) is 1.64. The Bertz CT molecular complexity index is 1390. The van der Waals surface area contributed by atoms with Crippen molar-refractivity contribution in [3.8, 4) is 5.75 Å². The van der Waals surface area contributed by atoms with Gasteiger partial charge in [0, 0.05) is 33.6 Å². The molecule has 0 radical (unpaired) electrons. The quantitative estimate of drug-likeness (QED) is 0.340. The summed E-state index contributed by atoms with van der Waals surface area (Å²) in [6, 6.07) is 20.3. The highest BCUT2D eigenvalue weighted by Crippen LogP contribution is 2.23. The second kappa shape index (κ2) is 13.9. The van der Waals surface area contributed by atoms with E-state index in [2.05, 4.69) is 5.32 Å². The average molecular weight is 571 g/mol. The molecule has 0 aromatic heterocycles. The Balaban J connectivity index is 2.08. The number of likely N-dealkylation sites (N-methyl/N-ethyl adjacent to an activating group) is 1. The molecule has 0 aliphatic heterocycles. The fraction of sp³-hybridized carbons (Fsp3) is 0.310. The van der Waals surface area contributed by atoms with Crippen molar-refractivity contribution in [2.75, 3.05) is 38.6 Å². The van der Waals surface area contributed by atoms with Crippen molar-refractivity contribution >= 4 is 27.7 Å². The second-order valence-corrected chi connectivity index (χ2v) is 11.3. The fourth-order valence-electron chi connectivity index (χ4n) is 4.14. The molecule has 0 spiro atoms. The van der Waals surface area contributed by atoms with E-state index in [9.17, 15) is 22.4 Å². The molecule has 0 saturated carbocycles. The first-order valence-corrected chi connectivity index (χ1v) is 14.2. The van der Waals surface area contributed by atoms with Crippen LogP contribution in [-0.2, 0) is 32.8 Å². The maximum atomic E-state index is 14.1. The third-order valence-electron chi connectivity index (χ3n) is 6.24. The molecule has 0 aliphatic carbocycles. The van der Waals surface area contributed by atoms with Crippen LogP contribution >= 0.6 is 0 Å². The van der Waals surface area contributed by atoms with Crippen molar-refractivity contribution in [3.63, 3.8) is 0 Å². The molecule has 9 nitrogen and oxygen atoms in total. The van der Waals surface area contributed by atoms with Crippen LogP contribution in [0.3, 0.4) is 0 Å². The van der Waals surface area contributed by atoms with E-state index in [0.717, 1.165) is 26.3 Å². The molecule has 0 saturated heterocycles. The largest absolute Gasteiger partial charge is 0.497 e. The molecule has 11 heteroatoms. The molecule has 1 atom stereocenters. The minimum atomic E-state index is -4.16. The van der Waals surface area contributed by atoms with Crippen LogP contribution in [-0.4, -0.2) is 69.8 Å². The molecule has 0 heterocycles. The molecule has 214 valence electrons. The molecule has 0 aliphatic rings. The molecule has 2 amide bonds. The Labute approximate surface area is 235 Å². The molecule has 1 N–H and O–H groups in total. The van der Waals surface area contributed by atoms with Crippen LogP contribution in [0.15, 0.2) is 78.9 Å². The number of anilines is 1. The van der Waals surface area contributed by atoms with Gasteiger partial charge in [0.05, 0.1) is 12.8 Å². The predicted molar refractivity (Wildman–Crippen MR) is 153 cm³/mol. The average Bonchev–Trinajstić information content (AvgIpc) is 2.94. The number of rotatable bonds is 13. The van der Waals surface area contributed by atoms with Gasteiger partial charge in [0.25, 0.3) is 0 Å². The number of nitrogens with zero attached hydrogens (tertiary/aromatic N) is 3. The van der Waals surface area contributed by atoms with Crippen molar-refractivity contribution < 1.29 is 27.1 Å². The number of ether oxygens (including phenoxy) is 1. The summed E-state index contributed by atoms with van der Waals surface area (Å²) in [6.45, 7) is 1.54. The number of benzene rings is 3. The van der Waals surface area contributed by atoms with E-state index in [1.807, 2.05) is 30.3 Å². The van der Waals surface area contributed by atoms with E-state index in [-0.39, 0.29) is 24.6 Å². The third-order valence-corrected chi connectivity index (χ3v) is 8.06. The first kappa shape index (κ1) is 30.6. The van der Waals surface area contributed by atoms with Crippen molar-refractivity contribution in [2.24, 2.45) is 0 Å². The summed E-state index contributed by atoms with van der Waals surface area (Å²) >= 11 is 0. The Morgan fingerprint density at radius 1 is 0.950 bits per heavy atom. The van der Waals surface area contributed by atoms with Gasteiger partial charge < -0.3 is 15.0 Å². The number of hydrogen-bond acceptors (Lipinski definition) is 5. The number of amides is 2. The normalized spacial score (nSPS) is 12.1. The highest BCUT2D eigenvalue weighted by atomic mass is 32.2. The van der Waals surface area contributed by atoms with Crippen molar-refractivity contribution in [1.29, 1.82) is 0 Å². The molecule has 3 rings (SSSR count). The zero-order valence-corrected chi connectivity index (χ0v) is 23.9. The van der Waals surface area contributed by atoms with Crippen molar-refractivity contribution in [1.82, 2.24) is 14.5 Å². The number of halogens is 1. The summed E-state index contributed by atoms with van der Waals surface area (Å²) in [5.74, 6) is -0.946. The first-order valence-electron chi connectivity index (χ1n) is 12.8. The smallest absolute Gasteiger partial charge is 0.304 e. The lowest BCUT2D eigenvalue weighted by atomic mass is 10.0. The van der Waals surface area contributed by atoms with Crippen LogP contribution in [0.4, 0.5) is 10.1 Å². The van der Waals surface area contributed by atoms with E-state index in [0.29, 0.717) is 17.9 Å². The number of carbonyl (C=O) groups excluding carboxylic acids is 2. The molecular formula is C29H35FN4O5S. The van der Waals surface area contributed by atoms with Gasteiger partial charge in [0.15, 0.2) is 0 Å². The number of carbonyl (C=O) groups is 2. The van der Waals surface area contributed by atoms with Crippen molar-refractivity contribution in [3.05, 3.63) is 95.8 Å². The van der Waals surface area contributed by atoms with Gasteiger partial charge in [0.1, 0.15) is 24.2 Å². The maximum Gasteiger partial charge on any atom is 0.304 e. The highest BCUT2D eigenvalue weighted by Gasteiger charge is 2.34. The van der Waals surface area contributed by atoms with Crippen LogP contribution in [0.2, 0.25) is 0 Å². The highest BCUT2D eigenvalue weighted by molar-refractivity contribution is 7.90. The summed E-state index contributed by atoms with van der Waals surface area (Å²) in [5, 5.41) is 2.81. The lowest BCUT2D eigenvalue weighted by Crippen LogP contribution is -2.54. The van der Waals surface area contributed by atoms with E-state index >= 15 is 0 Å². The van der Waals surface area contributed by atoms with Crippen LogP contribution in [0.5, 0.6) is 5.75 Å². The minimum Gasteiger partial charge on any atom is -0.497 e. The van der Waals surface area contributed by atoms with E-state index < -0.39 is 34.5 Å². The van der Waals surface area contributed by atoms with Gasteiger partial charge >= 0.3 is 10.2 Å². The maximum absolute atomic E-state index is 14.1. The van der Waals surface area contributed by atoms with Crippen LogP contribution < -0.4 is 14.4 Å². The fourth-order valence-corrected chi connectivity index (χ4v) is 5.19. The summed E-state index contributed by atoms with van der Waals surface area (Å²) in [7, 11) is 0.0625. The molecule has 1 unspecified atom stereocenters. The van der Waals surface area contributed by atoms with E-state index in [4.69, 9.17) is 4.74 Å². The monoisotopic (exact) mass is 570 g/mol. The van der Waals surface area contributed by atoms with E-state index in [1.165, 1.54) is 38.2 Å². The molecule has 3 aromatic rings. The lowest BCUT2D eigenvalue weighted by molar-refractivity contribution is -0.140. The summed E-state index contributed by atoms with van der Waals surface area (Å²) < 4.78 is 47.5. The molecule has 0 fully saturated rings. The third kappa shape index (κ3) is 7.80. The molecule has 0 bridgehead atoms. The van der Waals surface area contributed by atoms with Gasteiger partial charge in [-0.25, -0.2) is 8.70 Å². The Hall–Kier alpha value is -3.96. The summed E-state index contributed by atoms with van der Waals surface area (Å²) in [4.78, 5) is 28.9. The number of nitrogens with one attached hydrogen (secondary N) is 1. The van der Waals surface area contributed by atoms with E-state index in [1.54, 1.807) is 31.2 Å². The van der Waals surface area contributed by atoms with Gasteiger partial charge in [0.2, 0.25) is 11.8 Å². The Kier molecular flexibility index (Phi) is 10.6. The van der Waals surface area contributed by atoms with Gasteiger partial charge in [-0.1, -0.05) is 42.5 Å². The van der Waals surface area contributed by atoms with Gasteiger partial charge in [-0.05, 0) is 54.4 Å². The van der Waals surface area contributed by atoms with Gasteiger partial charge in [-0.3, -0.25) is 9.59 Å². The molecular weight excluding hydrogens is 535 g/mol. The SMILES string of the molecule is CCNC(=O)C(Cc1ccccc1)N(Cc1cccc(OC)c1)C(=O)CN(c1ccc(F)cc1)S(=O)(=O)N(C)C. The predicted octanol–water partition coefficient (Wildman–Crippen LogP) is 3.22. The zero-order valence-electron chi connectivity index (χ0n) is 23.1. The lowest BCUT2D eigenvalue weighted by Gasteiger charge is -2.34. The molecule has 40 heavy (non-hydrogen) atoms. The van der Waals surface area contributed by atoms with Crippen molar-refractivity contribution in [2.45, 2.75) is 25.9 Å². The topological polar surface area (TPSA) is 99.3 Å². The number of methoxy groups -OCH3 is 1. The van der Waals surface area contributed by atoms with Crippen LogP contribution in [0.1, 0.15) is 18.1 Å². The molecule has 3 aromatic carbocycles. The van der Waals surface area contributed by atoms with Gasteiger partial charge in [-0.2, -0.15) is 12.7 Å². The minimum absolute atomic E-state index is 0.0178. The first-order chi connectivity index (χ1) is 19.1. The standard InChI is InChI=1S/C29H35FN4O5S/c1-5-31-29(36)27(19-22-10-7-6-8-11-22)33(20-23-12-9-13-26(18-23)39-4)28(35)21-34(40(37,38)32(2)3)25-16-14-24(30)15-17-25/h6-18,27H,5,19-21H2,1-4H3,(H,31,36). The Morgan fingerprint density at radius 3 is 2.20 bits per heavy atom. The summed E-state index contributed by atoms with van der Waals surface area (Å²) in [6.07, 6.45) is 0.208. The van der Waals surface area contributed by atoms with Crippen LogP contribution in [0, 0.1) is 5.82 Å². The Morgan fingerprint density at radius 2 is 1.60 bits per heavy atom. The second-order valence-electron chi connectivity index (χ2n) is 9.25. The van der Waals surface area contributed by atoms with Gasteiger partial charge in [-0.15, -0.1) is 0 Å². The zero-order chi connectivity index (χ0) is 29.3. The van der Waals surface area contributed by atoms with Crippen LogP contribution in [0.25, 0.3) is 0 Å².